The van der Waals surface area contributed by atoms with Crippen LogP contribution in [0.5, 0.6) is 0 Å². The fraction of sp³-hybridized carbons (Fsp3) is 0.359. The summed E-state index contributed by atoms with van der Waals surface area (Å²) in [6.07, 6.45) is 1.14. The predicted molar refractivity (Wildman–Crippen MR) is 191 cm³/mol. The Kier molecular flexibility index (Phi) is 7.48. The number of hydrogen-bond donors (Lipinski definition) is 0. The van der Waals surface area contributed by atoms with Gasteiger partial charge in [0.05, 0.1) is 12.3 Å². The molecule has 4 aromatic rings. The van der Waals surface area contributed by atoms with Crippen LogP contribution >= 0.6 is 0 Å². The zero-order valence-electron chi connectivity index (χ0n) is 28.4. The van der Waals surface area contributed by atoms with E-state index in [0.29, 0.717) is 6.60 Å². The maximum Gasteiger partial charge on any atom is 0.129 e. The van der Waals surface area contributed by atoms with E-state index in [0.717, 1.165) is 19.4 Å². The van der Waals surface area contributed by atoms with Crippen LogP contribution in [0.1, 0.15) is 66.8 Å². The van der Waals surface area contributed by atoms with E-state index < -0.39 is 6.60 Å². The van der Waals surface area contributed by atoms with Gasteiger partial charge >= 0.3 is 0 Å². The van der Waals surface area contributed by atoms with E-state index >= 15 is 0 Å². The van der Waals surface area contributed by atoms with Gasteiger partial charge < -0.3 is 0 Å². The molecule has 0 aliphatic carbocycles. The quantitative estimate of drug-likeness (QED) is 0.193. The van der Waals surface area contributed by atoms with Crippen LogP contribution in [0.3, 0.4) is 0 Å². The van der Waals surface area contributed by atoms with E-state index in [1.54, 1.807) is 22.2 Å². The van der Waals surface area contributed by atoms with Crippen molar-refractivity contribution in [2.75, 3.05) is 18.0 Å². The van der Waals surface area contributed by atoms with E-state index in [1.165, 1.54) is 72.6 Å². The Balaban J connectivity index is 1.68. The first-order chi connectivity index (χ1) is 20.3. The monoisotopic (exact) mass is 566 g/mol. The van der Waals surface area contributed by atoms with Gasteiger partial charge in [0.1, 0.15) is 31.1 Å². The first kappa shape index (κ1) is 29.5. The number of benzene rings is 4. The van der Waals surface area contributed by atoms with Crippen molar-refractivity contribution >= 4 is 41.2 Å². The molecule has 0 aromatic heterocycles. The molecule has 0 fully saturated rings. The minimum Gasteiger partial charge on any atom is -0.264 e. The van der Waals surface area contributed by atoms with Gasteiger partial charge in [0.25, 0.3) is 0 Å². The number of fused-ring (bicyclic) bond motifs is 1. The summed E-state index contributed by atoms with van der Waals surface area (Å²) in [6.45, 7) is 26.8. The molecule has 220 valence electrons. The first-order valence-corrected chi connectivity index (χ1v) is 16.3. The van der Waals surface area contributed by atoms with Gasteiger partial charge in [0, 0.05) is 0 Å². The van der Waals surface area contributed by atoms with Gasteiger partial charge in [-0.05, 0) is 98.4 Å². The van der Waals surface area contributed by atoms with Crippen LogP contribution in [0.4, 0.5) is 11.4 Å². The Morgan fingerprint density at radius 3 is 1.53 bits per heavy atom. The molecule has 0 spiro atoms. The SMILES string of the molecule is Cc1cc(C)c(B2[B@@H-](C3=[N+](c4c(C)cc(C)cc4C)CCN3c3c(C)cc(C)cc3C)Cc3cc(C)cc(C)c32)c(C)c1. The number of amidine groups is 1. The van der Waals surface area contributed by atoms with Crippen molar-refractivity contribution in [1.82, 2.24) is 0 Å². The maximum atomic E-state index is 2.75. The minimum atomic E-state index is -0.873. The average molecular weight is 566 g/mol. The number of nitrogens with zero attached hydrogens (tertiary/aromatic N) is 2. The van der Waals surface area contributed by atoms with Crippen LogP contribution in [-0.2, 0) is 6.32 Å². The van der Waals surface area contributed by atoms with Crippen molar-refractivity contribution in [3.8, 4) is 0 Å². The molecule has 2 aliphatic heterocycles. The van der Waals surface area contributed by atoms with Gasteiger partial charge in [-0.25, -0.2) is 0 Å². The molecule has 4 heteroatoms. The molecule has 43 heavy (non-hydrogen) atoms. The molecule has 2 heterocycles. The molecule has 0 unspecified atom stereocenters. The zero-order valence-corrected chi connectivity index (χ0v) is 28.4. The molecular weight excluding hydrogens is 518 g/mol. The van der Waals surface area contributed by atoms with E-state index in [4.69, 9.17) is 0 Å². The Labute approximate surface area is 261 Å². The lowest BCUT2D eigenvalue weighted by Gasteiger charge is -2.32. The van der Waals surface area contributed by atoms with Crippen LogP contribution in [0.2, 0.25) is 0 Å². The highest BCUT2D eigenvalue weighted by atomic mass is 15.3. The molecule has 6 rings (SSSR count). The van der Waals surface area contributed by atoms with Crippen molar-refractivity contribution in [3.05, 3.63) is 115 Å². The molecule has 0 saturated heterocycles. The number of anilines is 1. The van der Waals surface area contributed by atoms with Crippen LogP contribution in [0, 0.1) is 76.2 Å². The molecule has 2 nitrogen and oxygen atoms in total. The highest BCUT2D eigenvalue weighted by molar-refractivity contribution is 7.45. The molecule has 0 saturated carbocycles. The smallest absolute Gasteiger partial charge is 0.129 e. The van der Waals surface area contributed by atoms with Crippen LogP contribution in [-0.4, -0.2) is 36.6 Å². The molecule has 0 amide bonds. The van der Waals surface area contributed by atoms with E-state index in [2.05, 4.69) is 134 Å². The van der Waals surface area contributed by atoms with Crippen molar-refractivity contribution in [2.45, 2.75) is 82.5 Å². The third-order valence-corrected chi connectivity index (χ3v) is 10.5. The average Bonchev–Trinajstić information content (AvgIpc) is 3.44. The summed E-state index contributed by atoms with van der Waals surface area (Å²) < 4.78 is 2.75. The van der Waals surface area contributed by atoms with Crippen LogP contribution in [0.15, 0.2) is 48.5 Å². The van der Waals surface area contributed by atoms with E-state index in [9.17, 15) is 0 Å². The van der Waals surface area contributed by atoms with Gasteiger partial charge in [0.15, 0.2) is 0 Å². The van der Waals surface area contributed by atoms with Crippen molar-refractivity contribution in [2.24, 2.45) is 0 Å². The van der Waals surface area contributed by atoms with Gasteiger partial charge in [0.2, 0.25) is 0 Å². The summed E-state index contributed by atoms with van der Waals surface area (Å²) in [7, 11) is 0. The molecule has 0 N–H and O–H groups in total. The summed E-state index contributed by atoms with van der Waals surface area (Å²) in [5.74, 6) is 0. The Morgan fingerprint density at radius 1 is 0.558 bits per heavy atom. The normalized spacial score (nSPS) is 16.5. The fourth-order valence-corrected chi connectivity index (χ4v) is 9.65. The molecule has 4 aromatic carbocycles. The van der Waals surface area contributed by atoms with Gasteiger partial charge in [-0.3, -0.25) is 9.48 Å². The van der Waals surface area contributed by atoms with E-state index in [1.807, 2.05) is 0 Å². The van der Waals surface area contributed by atoms with Gasteiger partial charge in [-0.1, -0.05) is 93.0 Å². The molecular formula is C39H48B2N2. The highest BCUT2D eigenvalue weighted by Gasteiger charge is 2.45. The fourth-order valence-electron chi connectivity index (χ4n) is 9.65. The third-order valence-electron chi connectivity index (χ3n) is 10.5. The lowest BCUT2D eigenvalue weighted by Crippen LogP contribution is -2.60. The second kappa shape index (κ2) is 10.9. The Bertz CT molecular complexity index is 1760. The summed E-state index contributed by atoms with van der Waals surface area (Å²) in [6, 6.07) is 19.3. The molecule has 1 atom stereocenters. The highest BCUT2D eigenvalue weighted by Crippen LogP contribution is 2.35. The number of hydrogen-bond acceptors (Lipinski definition) is 1. The lowest BCUT2D eigenvalue weighted by molar-refractivity contribution is -0.427. The second-order valence-corrected chi connectivity index (χ2v) is 14.2. The topological polar surface area (TPSA) is 6.25 Å². The second-order valence-electron chi connectivity index (χ2n) is 14.2. The predicted octanol–water partition coefficient (Wildman–Crippen LogP) is 6.89. The van der Waals surface area contributed by atoms with Crippen LogP contribution < -0.4 is 15.8 Å². The standard InChI is InChI=1S/C39H48B2N2/c1-23-14-27(5)35(28(6)15-23)41-36-29(7)16-26(4)21-34(36)22-40(41)39-42(37-30(8)17-24(2)18-31(37)9)12-13-43(39)38-32(10)19-25(3)20-33(38)11/h14-21,40H,12-13,22H2,1-11H3/t40-/m1/s1. The summed E-state index contributed by atoms with van der Waals surface area (Å²) in [4.78, 5) is 2.75. The van der Waals surface area contributed by atoms with Gasteiger partial charge in [-0.2, -0.15) is 0 Å². The molecule has 0 bridgehead atoms. The zero-order chi connectivity index (χ0) is 30.9. The Hall–Kier alpha value is -3.52. The summed E-state index contributed by atoms with van der Waals surface area (Å²) >= 11 is 0. The third kappa shape index (κ3) is 4.97. The summed E-state index contributed by atoms with van der Waals surface area (Å²) in [5, 5.41) is 0. The molecule has 0 radical (unpaired) electrons. The first-order valence-electron chi connectivity index (χ1n) is 16.3. The number of aryl methyl sites for hydroxylation is 11. The van der Waals surface area contributed by atoms with Gasteiger partial charge in [-0.15, -0.1) is 17.2 Å². The Morgan fingerprint density at radius 2 is 1.00 bits per heavy atom. The summed E-state index contributed by atoms with van der Waals surface area (Å²) in [5.41, 5.74) is 24.4. The van der Waals surface area contributed by atoms with Crippen molar-refractivity contribution in [3.63, 3.8) is 0 Å². The largest absolute Gasteiger partial charge is 0.264 e. The minimum absolute atomic E-state index is 0.395. The van der Waals surface area contributed by atoms with E-state index in [-0.39, 0.29) is 0 Å². The number of rotatable bonds is 4. The maximum absolute atomic E-state index is 2.75. The molecule has 2 aliphatic rings. The van der Waals surface area contributed by atoms with Crippen molar-refractivity contribution < 1.29 is 4.58 Å². The lowest BCUT2D eigenvalue weighted by atomic mass is 9.06. The van der Waals surface area contributed by atoms with Crippen molar-refractivity contribution in [1.29, 1.82) is 0 Å². The van der Waals surface area contributed by atoms with Crippen LogP contribution in [0.25, 0.3) is 0 Å².